The summed E-state index contributed by atoms with van der Waals surface area (Å²) in [4.78, 5) is 9.40. The molecular weight excluding hydrogens is 296 g/mol. The quantitative estimate of drug-likeness (QED) is 0.553. The van der Waals surface area contributed by atoms with Gasteiger partial charge in [-0.2, -0.15) is 0 Å². The number of hydrogen-bond acceptors (Lipinski definition) is 2. The summed E-state index contributed by atoms with van der Waals surface area (Å²) in [6.07, 6.45) is 8.11. The molecule has 0 aliphatic heterocycles. The summed E-state index contributed by atoms with van der Waals surface area (Å²) in [5.74, 6) is 0.982. The third-order valence-electron chi connectivity index (χ3n) is 4.27. The Morgan fingerprint density at radius 1 is 0.958 bits per heavy atom. The Hall–Kier alpha value is -2.88. The van der Waals surface area contributed by atoms with Crippen LogP contribution in [-0.4, -0.2) is 18.9 Å². The molecule has 3 aromatic heterocycles. The minimum atomic E-state index is 0.737. The van der Waals surface area contributed by atoms with Crippen LogP contribution in [0.15, 0.2) is 67.1 Å². The average molecular weight is 316 g/mol. The molecule has 0 radical (unpaired) electrons. The summed E-state index contributed by atoms with van der Waals surface area (Å²) in [6.45, 7) is 2.94. The zero-order valence-electron chi connectivity index (χ0n) is 13.8. The van der Waals surface area contributed by atoms with Crippen LogP contribution in [0.1, 0.15) is 24.7 Å². The van der Waals surface area contributed by atoms with E-state index >= 15 is 0 Å². The normalized spacial score (nSPS) is 11.2. The van der Waals surface area contributed by atoms with E-state index in [1.807, 2.05) is 36.7 Å². The third-order valence-corrected chi connectivity index (χ3v) is 4.27. The zero-order chi connectivity index (χ0) is 16.4. The minimum absolute atomic E-state index is 0.737. The van der Waals surface area contributed by atoms with Crippen molar-refractivity contribution >= 4 is 5.65 Å². The van der Waals surface area contributed by atoms with Gasteiger partial charge in [0.25, 0.3) is 0 Å². The number of benzene rings is 1. The number of aryl methyl sites for hydroxylation is 1. The molecule has 4 heteroatoms. The lowest BCUT2D eigenvalue weighted by atomic mass is 10.2. The maximum Gasteiger partial charge on any atom is 0.140 e. The Morgan fingerprint density at radius 3 is 2.62 bits per heavy atom. The van der Waals surface area contributed by atoms with E-state index in [4.69, 9.17) is 4.98 Å². The van der Waals surface area contributed by atoms with Crippen LogP contribution in [0.5, 0.6) is 0 Å². The number of rotatable bonds is 5. The van der Waals surface area contributed by atoms with E-state index in [9.17, 15) is 0 Å². The highest BCUT2D eigenvalue weighted by molar-refractivity contribution is 5.55. The molecule has 0 amide bonds. The molecule has 0 N–H and O–H groups in total. The Balaban J connectivity index is 1.76. The van der Waals surface area contributed by atoms with Gasteiger partial charge in [-0.15, -0.1) is 0 Å². The second-order valence-electron chi connectivity index (χ2n) is 5.93. The van der Waals surface area contributed by atoms with Gasteiger partial charge in [-0.05, 0) is 18.6 Å². The van der Waals surface area contributed by atoms with Crippen LogP contribution in [0.2, 0.25) is 0 Å². The number of aromatic nitrogens is 4. The van der Waals surface area contributed by atoms with E-state index in [0.717, 1.165) is 42.1 Å². The summed E-state index contributed by atoms with van der Waals surface area (Å²) in [5, 5.41) is 0. The molecule has 0 aliphatic carbocycles. The molecule has 1 aromatic carbocycles. The molecule has 0 spiro atoms. The summed E-state index contributed by atoms with van der Waals surface area (Å²) >= 11 is 0. The van der Waals surface area contributed by atoms with Crippen LogP contribution in [0.4, 0.5) is 0 Å². The number of nitrogens with zero attached hydrogens (tertiary/aromatic N) is 4. The van der Waals surface area contributed by atoms with E-state index in [1.165, 1.54) is 5.69 Å². The SMILES string of the molecule is CCCc1c(Cn2ccnc2-c2ccccc2)nc2ccccn12. The fourth-order valence-corrected chi connectivity index (χ4v) is 3.17. The van der Waals surface area contributed by atoms with Crippen molar-refractivity contribution in [1.29, 1.82) is 0 Å². The molecule has 0 atom stereocenters. The molecule has 0 aliphatic rings. The molecular formula is C20H20N4. The first-order chi connectivity index (χ1) is 11.9. The van der Waals surface area contributed by atoms with Crippen molar-refractivity contribution in [2.24, 2.45) is 0 Å². The molecule has 4 rings (SSSR count). The van der Waals surface area contributed by atoms with E-state index < -0.39 is 0 Å². The first-order valence-electron chi connectivity index (χ1n) is 8.38. The van der Waals surface area contributed by atoms with Gasteiger partial charge >= 0.3 is 0 Å². The van der Waals surface area contributed by atoms with Crippen molar-refractivity contribution in [2.45, 2.75) is 26.3 Å². The maximum absolute atomic E-state index is 4.86. The lowest BCUT2D eigenvalue weighted by Crippen LogP contribution is -2.05. The lowest BCUT2D eigenvalue weighted by Gasteiger charge is -2.08. The molecule has 0 fully saturated rings. The van der Waals surface area contributed by atoms with E-state index in [1.54, 1.807) is 0 Å². The Morgan fingerprint density at radius 2 is 1.79 bits per heavy atom. The van der Waals surface area contributed by atoms with Crippen molar-refractivity contribution in [2.75, 3.05) is 0 Å². The number of fused-ring (bicyclic) bond motifs is 1. The summed E-state index contributed by atoms with van der Waals surface area (Å²) in [6, 6.07) is 16.5. The number of pyridine rings is 1. The van der Waals surface area contributed by atoms with Crippen molar-refractivity contribution in [3.05, 3.63) is 78.5 Å². The minimum Gasteiger partial charge on any atom is -0.325 e. The second kappa shape index (κ2) is 6.32. The Bertz CT molecular complexity index is 950. The van der Waals surface area contributed by atoms with E-state index in [2.05, 4.69) is 51.3 Å². The fourth-order valence-electron chi connectivity index (χ4n) is 3.17. The van der Waals surface area contributed by atoms with Crippen molar-refractivity contribution in [3.8, 4) is 11.4 Å². The highest BCUT2D eigenvalue weighted by Crippen LogP contribution is 2.21. The summed E-state index contributed by atoms with van der Waals surface area (Å²) in [5.41, 5.74) is 4.56. The summed E-state index contributed by atoms with van der Waals surface area (Å²) < 4.78 is 4.38. The van der Waals surface area contributed by atoms with Gasteiger partial charge in [0.15, 0.2) is 0 Å². The van der Waals surface area contributed by atoms with Gasteiger partial charge in [0, 0.05) is 29.8 Å². The molecule has 0 saturated heterocycles. The molecule has 0 unspecified atom stereocenters. The van der Waals surface area contributed by atoms with E-state index in [0.29, 0.717) is 0 Å². The maximum atomic E-state index is 4.86. The third kappa shape index (κ3) is 2.60. The van der Waals surface area contributed by atoms with Gasteiger partial charge in [0.2, 0.25) is 0 Å². The van der Waals surface area contributed by atoms with Crippen LogP contribution in [0.25, 0.3) is 17.0 Å². The zero-order valence-corrected chi connectivity index (χ0v) is 13.8. The van der Waals surface area contributed by atoms with Crippen LogP contribution in [0.3, 0.4) is 0 Å². The van der Waals surface area contributed by atoms with Gasteiger partial charge in [-0.3, -0.25) is 0 Å². The highest BCUT2D eigenvalue weighted by atomic mass is 15.1. The number of hydrogen-bond donors (Lipinski definition) is 0. The molecule has 4 nitrogen and oxygen atoms in total. The summed E-state index contributed by atoms with van der Waals surface area (Å²) in [7, 11) is 0. The smallest absolute Gasteiger partial charge is 0.140 e. The predicted molar refractivity (Wildman–Crippen MR) is 96.0 cm³/mol. The average Bonchev–Trinajstić information content (AvgIpc) is 3.22. The second-order valence-corrected chi connectivity index (χ2v) is 5.93. The van der Waals surface area contributed by atoms with Gasteiger partial charge in [-0.1, -0.05) is 49.7 Å². The molecule has 24 heavy (non-hydrogen) atoms. The van der Waals surface area contributed by atoms with Crippen LogP contribution in [0, 0.1) is 0 Å². The molecule has 120 valence electrons. The van der Waals surface area contributed by atoms with Crippen LogP contribution < -0.4 is 0 Å². The highest BCUT2D eigenvalue weighted by Gasteiger charge is 2.13. The first-order valence-corrected chi connectivity index (χ1v) is 8.38. The van der Waals surface area contributed by atoms with Gasteiger partial charge < -0.3 is 8.97 Å². The molecule has 4 aromatic rings. The van der Waals surface area contributed by atoms with Crippen LogP contribution in [-0.2, 0) is 13.0 Å². The standard InChI is InChI=1S/C20H20N4/c1-2-8-18-17(22-19-11-6-7-13-24(18)19)15-23-14-12-21-20(23)16-9-4-3-5-10-16/h3-7,9-14H,2,8,15H2,1H3. The largest absolute Gasteiger partial charge is 0.325 e. The van der Waals surface area contributed by atoms with Crippen molar-refractivity contribution in [3.63, 3.8) is 0 Å². The number of imidazole rings is 2. The molecule has 0 saturated carbocycles. The van der Waals surface area contributed by atoms with Gasteiger partial charge in [0.1, 0.15) is 11.5 Å². The topological polar surface area (TPSA) is 35.1 Å². The first kappa shape index (κ1) is 14.7. The van der Waals surface area contributed by atoms with Gasteiger partial charge in [0.05, 0.1) is 12.2 Å². The van der Waals surface area contributed by atoms with Gasteiger partial charge in [-0.25, -0.2) is 9.97 Å². The van der Waals surface area contributed by atoms with Crippen molar-refractivity contribution < 1.29 is 0 Å². The fraction of sp³-hybridized carbons (Fsp3) is 0.200. The Kier molecular flexibility index (Phi) is 3.87. The van der Waals surface area contributed by atoms with Crippen LogP contribution >= 0.6 is 0 Å². The monoisotopic (exact) mass is 316 g/mol. The predicted octanol–water partition coefficient (Wildman–Crippen LogP) is 4.20. The van der Waals surface area contributed by atoms with Crippen molar-refractivity contribution in [1.82, 2.24) is 18.9 Å². The molecule has 3 heterocycles. The lowest BCUT2D eigenvalue weighted by molar-refractivity contribution is 0.759. The van der Waals surface area contributed by atoms with E-state index in [-0.39, 0.29) is 0 Å². The Labute approximate surface area is 141 Å². The molecule has 0 bridgehead atoms.